The number of aliphatic hydroxyl groups is 3. The molecule has 0 radical (unpaired) electrons. The number of allylic oxidation sites excluding steroid dienone is 2. The van der Waals surface area contributed by atoms with Crippen molar-refractivity contribution in [3.8, 4) is 0 Å². The molecule has 39 heavy (non-hydrogen) atoms. The molecule has 3 N–H and O–H groups in total. The molecule has 3 aromatic carbocycles. The van der Waals surface area contributed by atoms with Gasteiger partial charge in [-0.25, -0.2) is 4.79 Å². The Labute approximate surface area is 236 Å². The van der Waals surface area contributed by atoms with E-state index in [2.05, 4.69) is 46.1 Å². The van der Waals surface area contributed by atoms with Crippen LogP contribution in [-0.4, -0.2) is 41.1 Å². The van der Waals surface area contributed by atoms with Gasteiger partial charge in [-0.15, -0.1) is 13.2 Å². The molecule has 0 fully saturated rings. The lowest BCUT2D eigenvalue weighted by Gasteiger charge is -2.10. The minimum Gasteiger partial charge on any atom is -0.457 e. The predicted molar refractivity (Wildman–Crippen MR) is 164 cm³/mol. The molecule has 5 nitrogen and oxygen atoms in total. The van der Waals surface area contributed by atoms with Crippen LogP contribution in [0.5, 0.6) is 0 Å². The minimum atomic E-state index is -0.288. The van der Waals surface area contributed by atoms with Crippen LogP contribution in [0.15, 0.2) is 98.1 Å². The van der Waals surface area contributed by atoms with Crippen LogP contribution in [0.3, 0.4) is 0 Å². The van der Waals surface area contributed by atoms with E-state index < -0.39 is 0 Å². The van der Waals surface area contributed by atoms with Gasteiger partial charge < -0.3 is 20.1 Å². The van der Waals surface area contributed by atoms with E-state index in [4.69, 9.17) is 20.1 Å². The largest absolute Gasteiger partial charge is 0.457 e. The topological polar surface area (TPSA) is 87.0 Å². The van der Waals surface area contributed by atoms with E-state index in [0.29, 0.717) is 12.2 Å². The van der Waals surface area contributed by atoms with Crippen molar-refractivity contribution in [2.45, 2.75) is 54.1 Å². The molecular formula is C34H48O5. The van der Waals surface area contributed by atoms with Crippen molar-refractivity contribution in [3.05, 3.63) is 131 Å². The zero-order chi connectivity index (χ0) is 29.9. The zero-order valence-electron chi connectivity index (χ0n) is 24.4. The third-order valence-electron chi connectivity index (χ3n) is 5.10. The Balaban J connectivity index is 0. The first-order valence-corrected chi connectivity index (χ1v) is 13.1. The third kappa shape index (κ3) is 19.2. The van der Waals surface area contributed by atoms with Gasteiger partial charge in [-0.2, -0.15) is 0 Å². The van der Waals surface area contributed by atoms with Gasteiger partial charge in [-0.05, 0) is 87.4 Å². The number of ether oxygens (including phenoxy) is 1. The number of aliphatic hydroxyl groups excluding tert-OH is 3. The lowest BCUT2D eigenvalue weighted by atomic mass is 9.96. The second-order valence-electron chi connectivity index (χ2n) is 8.31. The van der Waals surface area contributed by atoms with Gasteiger partial charge in [0.1, 0.15) is 6.61 Å². The zero-order valence-corrected chi connectivity index (χ0v) is 24.4. The summed E-state index contributed by atoms with van der Waals surface area (Å²) in [6, 6.07) is 23.0. The molecule has 5 heteroatoms. The molecule has 3 rings (SSSR count). The molecular weight excluding hydrogens is 488 g/mol. The first-order valence-electron chi connectivity index (χ1n) is 13.1. The second-order valence-corrected chi connectivity index (χ2v) is 8.31. The Morgan fingerprint density at radius 3 is 1.69 bits per heavy atom. The molecule has 0 bridgehead atoms. The Hall–Kier alpha value is -3.51. The summed E-state index contributed by atoms with van der Waals surface area (Å²) in [5.41, 5.74) is 7.07. The van der Waals surface area contributed by atoms with Crippen LogP contribution in [0.2, 0.25) is 0 Å². The van der Waals surface area contributed by atoms with E-state index in [9.17, 15) is 4.79 Å². The summed E-state index contributed by atoms with van der Waals surface area (Å²) in [4.78, 5) is 11.6. The number of carbonyl (C=O) groups is 1. The molecule has 3 aromatic rings. The van der Waals surface area contributed by atoms with Crippen LogP contribution in [0.1, 0.15) is 58.4 Å². The van der Waals surface area contributed by atoms with E-state index >= 15 is 0 Å². The van der Waals surface area contributed by atoms with Crippen LogP contribution < -0.4 is 0 Å². The smallest absolute Gasteiger partial charge is 0.338 e. The Morgan fingerprint density at radius 1 is 0.744 bits per heavy atom. The van der Waals surface area contributed by atoms with Crippen LogP contribution in [0.25, 0.3) is 0 Å². The third-order valence-corrected chi connectivity index (χ3v) is 5.10. The molecule has 0 aliphatic rings. The van der Waals surface area contributed by atoms with Crippen LogP contribution in [0.4, 0.5) is 0 Å². The van der Waals surface area contributed by atoms with Gasteiger partial charge in [0.15, 0.2) is 0 Å². The number of esters is 1. The Bertz CT molecular complexity index is 1010. The van der Waals surface area contributed by atoms with Gasteiger partial charge in [-0.1, -0.05) is 72.8 Å². The highest BCUT2D eigenvalue weighted by Gasteiger charge is 2.05. The van der Waals surface area contributed by atoms with Crippen LogP contribution in [0, 0.1) is 20.8 Å². The Kier molecular flexibility index (Phi) is 25.2. The van der Waals surface area contributed by atoms with Crippen LogP contribution >= 0.6 is 0 Å². The van der Waals surface area contributed by atoms with Crippen molar-refractivity contribution in [2.24, 2.45) is 0 Å². The number of hydrogen-bond donors (Lipinski definition) is 3. The second kappa shape index (κ2) is 26.1. The van der Waals surface area contributed by atoms with E-state index in [1.165, 1.54) is 22.3 Å². The maximum atomic E-state index is 11.6. The lowest BCUT2D eigenvalue weighted by Crippen LogP contribution is -2.04. The predicted octanol–water partition coefficient (Wildman–Crippen LogP) is 6.94. The SMILES string of the molecule is C=CC.C=CC.Cc1ccc(CCCO)c(C)c1C.O=C(OCc1ccccc1)c1ccccc1.OCCO. The van der Waals surface area contributed by atoms with Gasteiger partial charge >= 0.3 is 5.97 Å². The van der Waals surface area contributed by atoms with Gasteiger partial charge in [-0.3, -0.25) is 0 Å². The van der Waals surface area contributed by atoms with Crippen molar-refractivity contribution in [1.82, 2.24) is 0 Å². The molecule has 0 atom stereocenters. The van der Waals surface area contributed by atoms with Crippen LogP contribution in [-0.2, 0) is 17.8 Å². The number of benzene rings is 3. The molecule has 0 heterocycles. The quantitative estimate of drug-likeness (QED) is 0.225. The number of rotatable bonds is 7. The van der Waals surface area contributed by atoms with E-state index in [1.54, 1.807) is 24.3 Å². The fourth-order valence-electron chi connectivity index (χ4n) is 2.93. The molecule has 214 valence electrons. The van der Waals surface area contributed by atoms with Crippen molar-refractivity contribution in [1.29, 1.82) is 0 Å². The molecule has 0 aromatic heterocycles. The summed E-state index contributed by atoms with van der Waals surface area (Å²) >= 11 is 0. The molecule has 0 aliphatic carbocycles. The molecule has 0 unspecified atom stereocenters. The van der Waals surface area contributed by atoms with Crippen molar-refractivity contribution in [3.63, 3.8) is 0 Å². The van der Waals surface area contributed by atoms with Gasteiger partial charge in [0.25, 0.3) is 0 Å². The molecule has 0 saturated carbocycles. The standard InChI is InChI=1S/C14H12O2.C12H18O.2C3H6.C2H6O2/c15-14(13-9-5-2-6-10-13)16-11-12-7-3-1-4-8-12;1-9-6-7-12(5-4-8-13)11(3)10(9)2;2*1-3-2;3-1-2-4/h1-10H,11H2;6-7,13H,4-5,8H2,1-3H3;2*3H,1H2,2H3;3-4H,1-2H2. The normalized spacial score (nSPS) is 8.92. The molecule has 0 aliphatic heterocycles. The average molecular weight is 537 g/mol. The first-order chi connectivity index (χ1) is 18.8. The summed E-state index contributed by atoms with van der Waals surface area (Å²) in [6.07, 6.45) is 5.35. The summed E-state index contributed by atoms with van der Waals surface area (Å²) in [6.45, 7) is 17.3. The number of carbonyl (C=O) groups excluding carboxylic acids is 1. The number of hydrogen-bond acceptors (Lipinski definition) is 5. The lowest BCUT2D eigenvalue weighted by molar-refractivity contribution is 0.0472. The fourth-order valence-corrected chi connectivity index (χ4v) is 2.93. The molecule has 0 spiro atoms. The van der Waals surface area contributed by atoms with Gasteiger partial charge in [0.2, 0.25) is 0 Å². The van der Waals surface area contributed by atoms with Gasteiger partial charge in [0, 0.05) is 6.61 Å². The van der Waals surface area contributed by atoms with Crippen molar-refractivity contribution >= 4 is 5.97 Å². The van der Waals surface area contributed by atoms with Gasteiger partial charge in [0.05, 0.1) is 18.8 Å². The van der Waals surface area contributed by atoms with Crippen molar-refractivity contribution < 1.29 is 24.9 Å². The molecule has 0 saturated heterocycles. The monoisotopic (exact) mass is 536 g/mol. The first kappa shape index (κ1) is 37.6. The Morgan fingerprint density at radius 2 is 1.23 bits per heavy atom. The summed E-state index contributed by atoms with van der Waals surface area (Å²) < 4.78 is 5.18. The molecule has 0 amide bonds. The fraction of sp³-hybridized carbons (Fsp3) is 0.324. The highest BCUT2D eigenvalue weighted by atomic mass is 16.5. The number of aryl methyl sites for hydroxylation is 2. The van der Waals surface area contributed by atoms with E-state index in [0.717, 1.165) is 18.4 Å². The van der Waals surface area contributed by atoms with E-state index in [1.807, 2.05) is 62.4 Å². The summed E-state index contributed by atoms with van der Waals surface area (Å²) in [5, 5.41) is 24.0. The van der Waals surface area contributed by atoms with Crippen molar-refractivity contribution in [2.75, 3.05) is 19.8 Å². The summed E-state index contributed by atoms with van der Waals surface area (Å²) in [7, 11) is 0. The maximum absolute atomic E-state index is 11.6. The average Bonchev–Trinajstić information content (AvgIpc) is 2.96. The van der Waals surface area contributed by atoms with E-state index in [-0.39, 0.29) is 25.8 Å². The minimum absolute atomic E-state index is 0.125. The maximum Gasteiger partial charge on any atom is 0.338 e. The summed E-state index contributed by atoms with van der Waals surface area (Å²) in [5.74, 6) is -0.288. The highest BCUT2D eigenvalue weighted by molar-refractivity contribution is 5.89. The highest BCUT2D eigenvalue weighted by Crippen LogP contribution is 2.18.